The molecule has 0 spiro atoms. The molecule has 1 unspecified atom stereocenters. The highest BCUT2D eigenvalue weighted by atomic mass is 31.1. The maximum Gasteiger partial charge on any atom is 0.327 e. The fraction of sp³-hybridized carbons (Fsp3) is 0.615. The normalized spacial score (nSPS) is 29.6. The molecule has 3 rings (SSSR count). The second-order valence-electron chi connectivity index (χ2n) is 6.12. The monoisotopic (exact) mass is 372 g/mol. The Kier molecular flexibility index (Phi) is 4.58. The predicted molar refractivity (Wildman–Crippen MR) is 87.1 cm³/mol. The van der Waals surface area contributed by atoms with Gasteiger partial charge in [0.15, 0.2) is 28.9 Å². The lowest BCUT2D eigenvalue weighted by molar-refractivity contribution is -0.0530. The molecule has 3 heterocycles. The number of anilines is 2. The van der Waals surface area contributed by atoms with Gasteiger partial charge in [0.1, 0.15) is 12.2 Å². The van der Waals surface area contributed by atoms with Gasteiger partial charge in [-0.1, -0.05) is 0 Å². The molecule has 0 saturated carbocycles. The minimum absolute atomic E-state index is 0.00194. The van der Waals surface area contributed by atoms with Crippen LogP contribution in [0, 0.1) is 0 Å². The van der Waals surface area contributed by atoms with Gasteiger partial charge in [-0.25, -0.2) is 13.9 Å². The van der Waals surface area contributed by atoms with Crippen molar-refractivity contribution >= 4 is 31.6 Å². The van der Waals surface area contributed by atoms with Gasteiger partial charge in [-0.2, -0.15) is 9.97 Å². The number of aromatic nitrogens is 4. The van der Waals surface area contributed by atoms with E-state index in [0.29, 0.717) is 11.3 Å². The maximum atomic E-state index is 15.2. The summed E-state index contributed by atoms with van der Waals surface area (Å²) in [6.45, 7) is 0.982. The summed E-state index contributed by atoms with van der Waals surface area (Å²) in [7, 11) is 2.96. The van der Waals surface area contributed by atoms with Crippen LogP contribution in [-0.2, 0) is 13.8 Å². The van der Waals surface area contributed by atoms with Gasteiger partial charge in [-0.05, 0) is 6.92 Å². The number of nitrogens with two attached hydrogens (primary N) is 1. The van der Waals surface area contributed by atoms with Gasteiger partial charge in [0, 0.05) is 14.1 Å². The van der Waals surface area contributed by atoms with Crippen molar-refractivity contribution < 1.29 is 23.3 Å². The Bertz CT molecular complexity index is 800. The molecule has 3 N–H and O–H groups in total. The van der Waals surface area contributed by atoms with Crippen LogP contribution in [0.1, 0.15) is 13.2 Å². The summed E-state index contributed by atoms with van der Waals surface area (Å²) in [5, 5.41) is 10.2. The number of ether oxygens (including phenoxy) is 1. The third kappa shape index (κ3) is 2.93. The molecule has 0 aliphatic carbocycles. The fourth-order valence-electron chi connectivity index (χ4n) is 2.86. The van der Waals surface area contributed by atoms with Gasteiger partial charge in [-0.3, -0.25) is 9.09 Å². The van der Waals surface area contributed by atoms with Crippen molar-refractivity contribution in [3.8, 4) is 0 Å². The van der Waals surface area contributed by atoms with Crippen molar-refractivity contribution in [1.29, 1.82) is 0 Å². The number of alkyl halides is 1. The number of fused-ring (bicyclic) bond motifs is 1. The van der Waals surface area contributed by atoms with E-state index >= 15 is 4.39 Å². The number of rotatable bonds is 5. The molecule has 1 fully saturated rings. The van der Waals surface area contributed by atoms with Crippen LogP contribution in [0.25, 0.3) is 11.2 Å². The second-order valence-corrected chi connectivity index (χ2v) is 6.52. The molecule has 136 valence electrons. The molecule has 1 aliphatic heterocycles. The third-order valence-corrected chi connectivity index (χ3v) is 4.36. The summed E-state index contributed by atoms with van der Waals surface area (Å²) in [5.74, 6) is 0.479. The van der Waals surface area contributed by atoms with Crippen LogP contribution in [0.3, 0.4) is 0 Å². The Labute approximate surface area is 144 Å². The quantitative estimate of drug-likeness (QED) is 0.728. The van der Waals surface area contributed by atoms with Crippen LogP contribution in [0.4, 0.5) is 16.2 Å². The maximum absolute atomic E-state index is 15.2. The number of aliphatic hydroxyl groups excluding tert-OH is 1. The largest absolute Gasteiger partial charge is 0.387 e. The highest BCUT2D eigenvalue weighted by Gasteiger charge is 2.55. The molecular weight excluding hydrogens is 354 g/mol. The summed E-state index contributed by atoms with van der Waals surface area (Å²) >= 11 is 0. The lowest BCUT2D eigenvalue weighted by Crippen LogP contribution is -2.40. The molecular formula is C13H18FN6O4P. The summed E-state index contributed by atoms with van der Waals surface area (Å²) in [6, 6.07) is 0. The highest BCUT2D eigenvalue weighted by Crippen LogP contribution is 2.43. The zero-order valence-corrected chi connectivity index (χ0v) is 14.7. The Hall–Kier alpha value is -1.94. The molecule has 4 atom stereocenters. The van der Waals surface area contributed by atoms with E-state index in [-0.39, 0.29) is 18.2 Å². The van der Waals surface area contributed by atoms with Gasteiger partial charge in [0.05, 0.1) is 12.9 Å². The Morgan fingerprint density at radius 2 is 2.28 bits per heavy atom. The first kappa shape index (κ1) is 17.9. The molecule has 12 heteroatoms. The van der Waals surface area contributed by atoms with E-state index < -0.39 is 32.8 Å². The van der Waals surface area contributed by atoms with Crippen LogP contribution < -0.4 is 10.6 Å². The smallest absolute Gasteiger partial charge is 0.327 e. The van der Waals surface area contributed by atoms with E-state index in [4.69, 9.17) is 15.0 Å². The van der Waals surface area contributed by atoms with E-state index in [1.165, 1.54) is 17.8 Å². The Morgan fingerprint density at radius 1 is 1.56 bits per heavy atom. The zero-order valence-electron chi connectivity index (χ0n) is 13.8. The first-order valence-corrected chi connectivity index (χ1v) is 8.14. The number of imidazole rings is 1. The first-order valence-electron chi connectivity index (χ1n) is 7.41. The average molecular weight is 372 g/mol. The first-order chi connectivity index (χ1) is 11.8. The summed E-state index contributed by atoms with van der Waals surface area (Å²) in [5.41, 5.74) is 4.29. The van der Waals surface area contributed by atoms with E-state index in [9.17, 15) is 9.67 Å². The van der Waals surface area contributed by atoms with Crippen molar-refractivity contribution in [2.24, 2.45) is 0 Å². The minimum atomic E-state index is -2.15. The fourth-order valence-corrected chi connectivity index (χ4v) is 3.06. The zero-order chi connectivity index (χ0) is 18.4. The van der Waals surface area contributed by atoms with Crippen molar-refractivity contribution in [1.82, 2.24) is 19.5 Å². The molecule has 1 saturated heterocycles. The van der Waals surface area contributed by atoms with Crippen LogP contribution in [-0.4, -0.2) is 63.2 Å². The standard InChI is InChI=1S/C13H18FN6O4P/c1-13(14)8(21)6(4-23-25-22)24-11(13)20-5-16-7-9(19(2)3)17-12(15)18-10(7)20/h5-6,8,11,21H,4H2,1-3H3,(H2,15,17,18)/t6?,8-,11-,13-/m1/s1. The van der Waals surface area contributed by atoms with Crippen molar-refractivity contribution in [3.63, 3.8) is 0 Å². The third-order valence-electron chi connectivity index (χ3n) is 4.11. The van der Waals surface area contributed by atoms with Gasteiger partial charge in [0.25, 0.3) is 0 Å². The Balaban J connectivity index is 2.05. The molecule has 0 bridgehead atoms. The van der Waals surface area contributed by atoms with E-state index in [0.717, 1.165) is 0 Å². The number of halogens is 1. The van der Waals surface area contributed by atoms with E-state index in [1.807, 2.05) is 0 Å². The topological polar surface area (TPSA) is 129 Å². The molecule has 10 nitrogen and oxygen atoms in total. The van der Waals surface area contributed by atoms with Crippen LogP contribution in [0.2, 0.25) is 0 Å². The lowest BCUT2D eigenvalue weighted by Gasteiger charge is -2.24. The summed E-state index contributed by atoms with van der Waals surface area (Å²) in [4.78, 5) is 14.2. The number of nitrogens with zero attached hydrogens (tertiary/aromatic N) is 5. The number of nitrogen functional groups attached to an aromatic ring is 1. The van der Waals surface area contributed by atoms with Crippen LogP contribution in [0.15, 0.2) is 6.33 Å². The van der Waals surface area contributed by atoms with Crippen LogP contribution >= 0.6 is 8.69 Å². The van der Waals surface area contributed by atoms with E-state index in [2.05, 4.69) is 15.0 Å². The molecule has 25 heavy (non-hydrogen) atoms. The Morgan fingerprint density at radius 3 is 2.92 bits per heavy atom. The highest BCUT2D eigenvalue weighted by molar-refractivity contribution is 7.17. The molecule has 0 aromatic carbocycles. The van der Waals surface area contributed by atoms with E-state index in [1.54, 1.807) is 19.0 Å². The molecule has 1 aliphatic rings. The van der Waals surface area contributed by atoms with Gasteiger partial charge < -0.3 is 20.5 Å². The van der Waals surface area contributed by atoms with Gasteiger partial charge in [-0.15, -0.1) is 0 Å². The SMILES string of the molecule is CN(C)c1nc(N)nc2c1ncn2[C@@H]1OC(COP=O)[C@@H](O)[C@@]1(C)F. The van der Waals surface area contributed by atoms with Crippen LogP contribution in [0.5, 0.6) is 0 Å². The molecule has 0 radical (unpaired) electrons. The summed E-state index contributed by atoms with van der Waals surface area (Å²) < 4.78 is 37.2. The number of hydrogen-bond acceptors (Lipinski definition) is 9. The predicted octanol–water partition coefficient (Wildman–Crippen LogP) is 0.684. The average Bonchev–Trinajstić information content (AvgIpc) is 3.05. The molecule has 2 aromatic rings. The summed E-state index contributed by atoms with van der Waals surface area (Å²) in [6.07, 6.45) is -2.33. The molecule has 0 amide bonds. The van der Waals surface area contributed by atoms with Crippen molar-refractivity contribution in [2.75, 3.05) is 31.3 Å². The minimum Gasteiger partial charge on any atom is -0.387 e. The van der Waals surface area contributed by atoms with Gasteiger partial charge >= 0.3 is 8.69 Å². The lowest BCUT2D eigenvalue weighted by atomic mass is 9.98. The van der Waals surface area contributed by atoms with Crippen molar-refractivity contribution in [2.45, 2.75) is 31.0 Å². The molecule has 2 aromatic heterocycles. The van der Waals surface area contributed by atoms with Gasteiger partial charge in [0.2, 0.25) is 5.95 Å². The number of hydrogen-bond donors (Lipinski definition) is 2. The number of aliphatic hydroxyl groups is 1. The second kappa shape index (κ2) is 6.41. The van der Waals surface area contributed by atoms with Crippen molar-refractivity contribution in [3.05, 3.63) is 6.33 Å².